The molecule has 2 heteroatoms. The van der Waals surface area contributed by atoms with Gasteiger partial charge in [-0.1, -0.05) is 24.3 Å². The van der Waals surface area contributed by atoms with Gasteiger partial charge in [-0.15, -0.1) is 0 Å². The summed E-state index contributed by atoms with van der Waals surface area (Å²) in [6, 6.07) is 0. The largest absolute Gasteiger partial charge is 0.326 e. The van der Waals surface area contributed by atoms with Crippen molar-refractivity contribution in [2.24, 2.45) is 0 Å². The van der Waals surface area contributed by atoms with Gasteiger partial charge in [0.2, 0.25) is 5.91 Å². The maximum absolute atomic E-state index is 11.0. The molecule has 1 N–H and O–H groups in total. The third-order valence-electron chi connectivity index (χ3n) is 1.75. The highest BCUT2D eigenvalue weighted by Gasteiger charge is 2.18. The molecular weight excluding hydrogens is 150 g/mol. The summed E-state index contributed by atoms with van der Waals surface area (Å²) in [5.74, 6) is 0.0823. The van der Waals surface area contributed by atoms with Crippen LogP contribution in [0.15, 0.2) is 35.6 Å². The molecule has 0 aromatic carbocycles. The monoisotopic (exact) mass is 163 g/mol. The van der Waals surface area contributed by atoms with Crippen LogP contribution in [-0.4, -0.2) is 5.91 Å². The highest BCUT2D eigenvalue weighted by molar-refractivity contribution is 5.86. The standard InChI is InChI=1S/C10H13NO/c1-3-5-6-8-7-10(12)11-9(8)4-2/h3-6H,7H2,1-2H3,(H,11,12)/b5-3-,8-6-,9-4+. The van der Waals surface area contributed by atoms with E-state index in [-0.39, 0.29) is 5.91 Å². The van der Waals surface area contributed by atoms with E-state index in [1.54, 1.807) is 0 Å². The zero-order valence-corrected chi connectivity index (χ0v) is 7.42. The van der Waals surface area contributed by atoms with Gasteiger partial charge < -0.3 is 5.32 Å². The Morgan fingerprint density at radius 2 is 2.17 bits per heavy atom. The van der Waals surface area contributed by atoms with Crippen molar-refractivity contribution in [2.75, 3.05) is 0 Å². The van der Waals surface area contributed by atoms with Crippen LogP contribution in [0.1, 0.15) is 20.3 Å². The summed E-state index contributed by atoms with van der Waals surface area (Å²) in [7, 11) is 0. The van der Waals surface area contributed by atoms with E-state index in [1.807, 2.05) is 38.2 Å². The quantitative estimate of drug-likeness (QED) is 0.628. The van der Waals surface area contributed by atoms with Crippen molar-refractivity contribution >= 4 is 5.91 Å². The molecule has 0 aromatic heterocycles. The van der Waals surface area contributed by atoms with E-state index in [1.165, 1.54) is 0 Å². The van der Waals surface area contributed by atoms with Gasteiger partial charge in [0.05, 0.1) is 6.42 Å². The van der Waals surface area contributed by atoms with E-state index < -0.39 is 0 Å². The topological polar surface area (TPSA) is 29.1 Å². The summed E-state index contributed by atoms with van der Waals surface area (Å²) in [6.45, 7) is 3.88. The molecule has 1 rings (SSSR count). The molecule has 1 saturated heterocycles. The third kappa shape index (κ3) is 1.84. The van der Waals surface area contributed by atoms with Crippen molar-refractivity contribution in [3.8, 4) is 0 Å². The summed E-state index contributed by atoms with van der Waals surface area (Å²) in [5.41, 5.74) is 2.01. The Morgan fingerprint density at radius 1 is 1.42 bits per heavy atom. The molecule has 1 aliphatic rings. The van der Waals surface area contributed by atoms with Crippen molar-refractivity contribution in [3.63, 3.8) is 0 Å². The Hall–Kier alpha value is -1.31. The Kier molecular flexibility index (Phi) is 2.86. The predicted molar refractivity (Wildman–Crippen MR) is 49.4 cm³/mol. The molecule has 12 heavy (non-hydrogen) atoms. The fourth-order valence-corrected chi connectivity index (χ4v) is 1.16. The zero-order chi connectivity index (χ0) is 8.97. The molecule has 0 spiro atoms. The highest BCUT2D eigenvalue weighted by atomic mass is 16.1. The number of carbonyl (C=O) groups excluding carboxylic acids is 1. The van der Waals surface area contributed by atoms with Crippen molar-refractivity contribution < 1.29 is 4.79 Å². The van der Waals surface area contributed by atoms with Gasteiger partial charge in [-0.05, 0) is 19.4 Å². The van der Waals surface area contributed by atoms with E-state index >= 15 is 0 Å². The van der Waals surface area contributed by atoms with Gasteiger partial charge in [0.1, 0.15) is 0 Å². The first-order valence-corrected chi connectivity index (χ1v) is 4.06. The first kappa shape index (κ1) is 8.78. The van der Waals surface area contributed by atoms with E-state index in [2.05, 4.69) is 5.32 Å². The zero-order valence-electron chi connectivity index (χ0n) is 7.42. The number of allylic oxidation sites excluding steroid dienone is 5. The lowest BCUT2D eigenvalue weighted by Crippen LogP contribution is -2.11. The van der Waals surface area contributed by atoms with Crippen LogP contribution in [0.3, 0.4) is 0 Å². The summed E-state index contributed by atoms with van der Waals surface area (Å²) in [6.07, 6.45) is 8.28. The molecule has 0 unspecified atom stereocenters. The third-order valence-corrected chi connectivity index (χ3v) is 1.75. The van der Waals surface area contributed by atoms with Crippen LogP contribution in [0.2, 0.25) is 0 Å². The van der Waals surface area contributed by atoms with Crippen LogP contribution in [0, 0.1) is 0 Å². The smallest absolute Gasteiger partial charge is 0.228 e. The van der Waals surface area contributed by atoms with Gasteiger partial charge in [0.15, 0.2) is 0 Å². The molecular formula is C10H13NO. The molecule has 0 aromatic rings. The molecule has 2 nitrogen and oxygen atoms in total. The minimum Gasteiger partial charge on any atom is -0.326 e. The van der Waals surface area contributed by atoms with E-state index in [4.69, 9.17) is 0 Å². The van der Waals surface area contributed by atoms with Gasteiger partial charge >= 0.3 is 0 Å². The number of hydrogen-bond acceptors (Lipinski definition) is 1. The lowest BCUT2D eigenvalue weighted by Gasteiger charge is -1.95. The summed E-state index contributed by atoms with van der Waals surface area (Å²) in [4.78, 5) is 11.0. The van der Waals surface area contributed by atoms with Crippen LogP contribution >= 0.6 is 0 Å². The Labute approximate surface area is 72.7 Å². The van der Waals surface area contributed by atoms with Gasteiger partial charge in [-0.25, -0.2) is 0 Å². The second-order valence-corrected chi connectivity index (χ2v) is 2.64. The van der Waals surface area contributed by atoms with E-state index in [0.717, 1.165) is 11.3 Å². The average molecular weight is 163 g/mol. The Morgan fingerprint density at radius 3 is 2.75 bits per heavy atom. The van der Waals surface area contributed by atoms with Crippen LogP contribution < -0.4 is 5.32 Å². The van der Waals surface area contributed by atoms with Crippen LogP contribution in [0.5, 0.6) is 0 Å². The number of hydrogen-bond donors (Lipinski definition) is 1. The molecule has 1 amide bonds. The normalized spacial score (nSPS) is 24.3. The molecule has 64 valence electrons. The molecule has 0 bridgehead atoms. The van der Waals surface area contributed by atoms with Crippen molar-refractivity contribution in [1.82, 2.24) is 5.32 Å². The first-order valence-electron chi connectivity index (χ1n) is 4.06. The molecule has 1 aliphatic heterocycles. The fraction of sp³-hybridized carbons (Fsp3) is 0.300. The van der Waals surface area contributed by atoms with Gasteiger partial charge in [-0.2, -0.15) is 0 Å². The van der Waals surface area contributed by atoms with Gasteiger partial charge in [0, 0.05) is 5.70 Å². The minimum atomic E-state index is 0.0823. The van der Waals surface area contributed by atoms with E-state index in [9.17, 15) is 4.79 Å². The summed E-state index contributed by atoms with van der Waals surface area (Å²) >= 11 is 0. The maximum atomic E-state index is 11.0. The summed E-state index contributed by atoms with van der Waals surface area (Å²) in [5, 5.41) is 2.78. The van der Waals surface area contributed by atoms with Crippen molar-refractivity contribution in [1.29, 1.82) is 0 Å². The molecule has 0 saturated carbocycles. The summed E-state index contributed by atoms with van der Waals surface area (Å²) < 4.78 is 0. The second-order valence-electron chi connectivity index (χ2n) is 2.64. The number of carbonyl (C=O) groups is 1. The first-order chi connectivity index (χ1) is 5.77. The molecule has 1 fully saturated rings. The van der Waals surface area contributed by atoms with Crippen LogP contribution in [0.25, 0.3) is 0 Å². The Balaban J connectivity index is 2.84. The van der Waals surface area contributed by atoms with E-state index in [0.29, 0.717) is 6.42 Å². The molecule has 0 radical (unpaired) electrons. The predicted octanol–water partition coefficient (Wildman–Crippen LogP) is 1.91. The molecule has 0 atom stereocenters. The SMILES string of the molecule is C\C=C/C=C1/CC(=O)N/C1=C/C. The van der Waals surface area contributed by atoms with Gasteiger partial charge in [-0.3, -0.25) is 4.79 Å². The van der Waals surface area contributed by atoms with Crippen LogP contribution in [0.4, 0.5) is 0 Å². The van der Waals surface area contributed by atoms with Crippen LogP contribution in [-0.2, 0) is 4.79 Å². The number of rotatable bonds is 1. The highest BCUT2D eigenvalue weighted by Crippen LogP contribution is 2.18. The van der Waals surface area contributed by atoms with Crippen molar-refractivity contribution in [2.45, 2.75) is 20.3 Å². The van der Waals surface area contributed by atoms with Crippen molar-refractivity contribution in [3.05, 3.63) is 35.6 Å². The maximum Gasteiger partial charge on any atom is 0.228 e. The minimum absolute atomic E-state index is 0.0823. The molecule has 0 aliphatic carbocycles. The van der Waals surface area contributed by atoms with Gasteiger partial charge in [0.25, 0.3) is 0 Å². The lowest BCUT2D eigenvalue weighted by atomic mass is 10.1. The number of amides is 1. The number of nitrogens with one attached hydrogen (secondary N) is 1. The molecule has 1 heterocycles. The Bertz CT molecular complexity index is 272. The lowest BCUT2D eigenvalue weighted by molar-refractivity contribution is -0.118. The second kappa shape index (κ2) is 3.90. The average Bonchev–Trinajstić information content (AvgIpc) is 2.42. The fourth-order valence-electron chi connectivity index (χ4n) is 1.16.